The van der Waals surface area contributed by atoms with Crippen LogP contribution >= 0.6 is 0 Å². The molecule has 1 aliphatic carbocycles. The number of benzene rings is 2. The molecule has 2 aliphatic rings. The van der Waals surface area contributed by atoms with Gasteiger partial charge >= 0.3 is 11.9 Å². The molecular weight excluding hydrogens is 364 g/mol. The number of carboxylic acids is 1. The Morgan fingerprint density at radius 1 is 1.03 bits per heavy atom. The molecule has 0 radical (unpaired) electrons. The van der Waals surface area contributed by atoms with Crippen molar-refractivity contribution in [2.75, 3.05) is 0 Å². The van der Waals surface area contributed by atoms with Gasteiger partial charge in [-0.15, -0.1) is 0 Å². The van der Waals surface area contributed by atoms with E-state index in [2.05, 4.69) is 42.5 Å². The van der Waals surface area contributed by atoms with Gasteiger partial charge in [-0.05, 0) is 55.7 Å². The molecule has 2 aromatic rings. The molecule has 4 rings (SSSR count). The van der Waals surface area contributed by atoms with Gasteiger partial charge in [-0.2, -0.15) is 0 Å². The molecule has 1 N–H and O–H groups in total. The van der Waals surface area contributed by atoms with Crippen LogP contribution in [0.3, 0.4) is 0 Å². The smallest absolute Gasteiger partial charge is 0.335 e. The molecule has 29 heavy (non-hydrogen) atoms. The zero-order valence-corrected chi connectivity index (χ0v) is 16.6. The average molecular weight is 392 g/mol. The highest BCUT2D eigenvalue weighted by atomic mass is 16.6. The summed E-state index contributed by atoms with van der Waals surface area (Å²) in [6.07, 6.45) is 11.2. The van der Waals surface area contributed by atoms with E-state index < -0.39 is 5.97 Å². The SMILES string of the molecule is O=C(O)c1ccccc1.O=C1C[C@@H]2C(/C=C/CCCc3ccccc3)CC[C@@H]2O1. The molecule has 0 bridgehead atoms. The maximum absolute atomic E-state index is 11.3. The first-order valence-electron chi connectivity index (χ1n) is 10.3. The second-order valence-electron chi connectivity index (χ2n) is 7.61. The Morgan fingerprint density at radius 3 is 2.38 bits per heavy atom. The van der Waals surface area contributed by atoms with E-state index in [1.54, 1.807) is 30.3 Å². The van der Waals surface area contributed by atoms with Crippen molar-refractivity contribution in [2.24, 2.45) is 11.8 Å². The Morgan fingerprint density at radius 2 is 1.72 bits per heavy atom. The number of hydrogen-bond acceptors (Lipinski definition) is 3. The number of allylic oxidation sites excluding steroid dienone is 2. The second kappa shape index (κ2) is 10.6. The zero-order valence-electron chi connectivity index (χ0n) is 16.6. The Bertz CT molecular complexity index is 813. The van der Waals surface area contributed by atoms with Crippen LogP contribution in [-0.4, -0.2) is 23.1 Å². The number of carbonyl (C=O) groups is 2. The summed E-state index contributed by atoms with van der Waals surface area (Å²) in [5, 5.41) is 8.38. The van der Waals surface area contributed by atoms with Gasteiger partial charge in [0.2, 0.25) is 0 Å². The fourth-order valence-corrected chi connectivity index (χ4v) is 4.06. The Balaban J connectivity index is 0.000000224. The van der Waals surface area contributed by atoms with Crippen molar-refractivity contribution in [1.29, 1.82) is 0 Å². The Labute approximate surface area is 172 Å². The monoisotopic (exact) mass is 392 g/mol. The van der Waals surface area contributed by atoms with Crippen molar-refractivity contribution < 1.29 is 19.4 Å². The highest BCUT2D eigenvalue weighted by molar-refractivity contribution is 5.87. The summed E-state index contributed by atoms with van der Waals surface area (Å²) >= 11 is 0. The zero-order chi connectivity index (χ0) is 20.5. The number of rotatable bonds is 6. The first kappa shape index (κ1) is 20.8. The molecule has 1 saturated carbocycles. The van der Waals surface area contributed by atoms with Gasteiger partial charge in [0, 0.05) is 5.92 Å². The molecule has 1 heterocycles. The maximum atomic E-state index is 11.3. The van der Waals surface area contributed by atoms with Gasteiger partial charge in [-0.1, -0.05) is 60.7 Å². The van der Waals surface area contributed by atoms with Gasteiger partial charge in [0.15, 0.2) is 0 Å². The molecular formula is C25H28O4. The van der Waals surface area contributed by atoms with E-state index in [4.69, 9.17) is 9.84 Å². The van der Waals surface area contributed by atoms with Crippen molar-refractivity contribution in [3.63, 3.8) is 0 Å². The third-order valence-electron chi connectivity index (χ3n) is 5.58. The van der Waals surface area contributed by atoms with Crippen molar-refractivity contribution in [1.82, 2.24) is 0 Å². The molecule has 2 fully saturated rings. The van der Waals surface area contributed by atoms with Crippen LogP contribution in [0.1, 0.15) is 48.0 Å². The number of aryl methyl sites for hydroxylation is 1. The van der Waals surface area contributed by atoms with Gasteiger partial charge in [0.1, 0.15) is 6.10 Å². The van der Waals surface area contributed by atoms with E-state index in [1.165, 1.54) is 18.4 Å². The number of fused-ring (bicyclic) bond motifs is 1. The summed E-state index contributed by atoms with van der Waals surface area (Å²) in [6.45, 7) is 0. The van der Waals surface area contributed by atoms with Crippen LogP contribution in [0, 0.1) is 11.8 Å². The molecule has 2 aromatic carbocycles. The molecule has 0 spiro atoms. The molecule has 1 saturated heterocycles. The lowest BCUT2D eigenvalue weighted by molar-refractivity contribution is -0.141. The lowest BCUT2D eigenvalue weighted by atomic mass is 9.92. The number of carbonyl (C=O) groups excluding carboxylic acids is 1. The number of unbranched alkanes of at least 4 members (excludes halogenated alkanes) is 1. The fraction of sp³-hybridized carbons (Fsp3) is 0.360. The lowest BCUT2D eigenvalue weighted by Crippen LogP contribution is -2.11. The predicted molar refractivity (Wildman–Crippen MR) is 113 cm³/mol. The number of aromatic carboxylic acids is 1. The standard InChI is InChI=1S/C18H22O2.C7H6O2/c19-18-13-16-15(11-12-17(16)20-18)10-6-2-5-9-14-7-3-1-4-8-14;8-7(9)6-4-2-1-3-5-6/h1,3-4,6-8,10,15-17H,2,5,9,11-13H2;1-5H,(H,8,9)/b10-6+;/t15?,16-,17+;/m1./s1. The first-order chi connectivity index (χ1) is 14.1. The van der Waals surface area contributed by atoms with Crippen LogP contribution in [0.5, 0.6) is 0 Å². The fourth-order valence-electron chi connectivity index (χ4n) is 4.06. The lowest BCUT2D eigenvalue weighted by Gasteiger charge is -2.11. The van der Waals surface area contributed by atoms with Gasteiger partial charge < -0.3 is 9.84 Å². The first-order valence-corrected chi connectivity index (χ1v) is 10.3. The number of hydrogen-bond donors (Lipinski definition) is 1. The van der Waals surface area contributed by atoms with Crippen LogP contribution in [0.4, 0.5) is 0 Å². The van der Waals surface area contributed by atoms with Crippen LogP contribution in [0.2, 0.25) is 0 Å². The Kier molecular flexibility index (Phi) is 7.62. The average Bonchev–Trinajstić information content (AvgIpc) is 3.29. The highest BCUT2D eigenvalue weighted by Crippen LogP contribution is 2.41. The van der Waals surface area contributed by atoms with E-state index >= 15 is 0 Å². The third-order valence-corrected chi connectivity index (χ3v) is 5.58. The predicted octanol–water partition coefficient (Wildman–Crippen LogP) is 5.29. The summed E-state index contributed by atoms with van der Waals surface area (Å²) < 4.78 is 5.33. The largest absolute Gasteiger partial charge is 0.478 e. The number of carboxylic acid groups (broad SMARTS) is 1. The van der Waals surface area contributed by atoms with Gasteiger partial charge in [-0.3, -0.25) is 4.79 Å². The summed E-state index contributed by atoms with van der Waals surface area (Å²) in [7, 11) is 0. The summed E-state index contributed by atoms with van der Waals surface area (Å²) in [5.74, 6) is 0.133. The van der Waals surface area contributed by atoms with Crippen LogP contribution < -0.4 is 0 Å². The number of ether oxygens (including phenoxy) is 1. The minimum atomic E-state index is -0.879. The van der Waals surface area contributed by atoms with E-state index in [1.807, 2.05) is 0 Å². The van der Waals surface area contributed by atoms with Crippen LogP contribution in [0.15, 0.2) is 72.8 Å². The van der Waals surface area contributed by atoms with Crippen molar-refractivity contribution >= 4 is 11.9 Å². The van der Waals surface area contributed by atoms with E-state index in [0.717, 1.165) is 19.3 Å². The summed E-state index contributed by atoms with van der Waals surface area (Å²) in [5.41, 5.74) is 1.74. The molecule has 3 atom stereocenters. The highest BCUT2D eigenvalue weighted by Gasteiger charge is 2.43. The molecule has 4 nitrogen and oxygen atoms in total. The van der Waals surface area contributed by atoms with E-state index in [-0.39, 0.29) is 12.1 Å². The normalized spacial score (nSPS) is 22.6. The molecule has 1 aliphatic heterocycles. The minimum Gasteiger partial charge on any atom is -0.478 e. The summed E-state index contributed by atoms with van der Waals surface area (Å²) in [6, 6.07) is 18.9. The maximum Gasteiger partial charge on any atom is 0.335 e. The van der Waals surface area contributed by atoms with Crippen molar-refractivity contribution in [3.8, 4) is 0 Å². The van der Waals surface area contributed by atoms with Crippen molar-refractivity contribution in [3.05, 3.63) is 83.9 Å². The quantitative estimate of drug-likeness (QED) is 0.412. The molecule has 152 valence electrons. The van der Waals surface area contributed by atoms with Gasteiger partial charge in [-0.25, -0.2) is 4.79 Å². The summed E-state index contributed by atoms with van der Waals surface area (Å²) in [4.78, 5) is 21.5. The van der Waals surface area contributed by atoms with Crippen molar-refractivity contribution in [2.45, 2.75) is 44.6 Å². The van der Waals surface area contributed by atoms with E-state index in [0.29, 0.717) is 23.8 Å². The molecule has 0 aromatic heterocycles. The minimum absolute atomic E-state index is 0.00202. The molecule has 4 heteroatoms. The van der Waals surface area contributed by atoms with Gasteiger partial charge in [0.05, 0.1) is 12.0 Å². The second-order valence-corrected chi connectivity index (χ2v) is 7.61. The molecule has 0 amide bonds. The third kappa shape index (κ3) is 6.31. The molecule has 1 unspecified atom stereocenters. The van der Waals surface area contributed by atoms with Crippen LogP contribution in [0.25, 0.3) is 0 Å². The van der Waals surface area contributed by atoms with Crippen LogP contribution in [-0.2, 0) is 16.0 Å². The topological polar surface area (TPSA) is 63.6 Å². The van der Waals surface area contributed by atoms with Gasteiger partial charge in [0.25, 0.3) is 0 Å². The Hall–Kier alpha value is -2.88. The van der Waals surface area contributed by atoms with E-state index in [9.17, 15) is 9.59 Å². The number of esters is 1.